The molecule has 2 aromatic carbocycles. The topological polar surface area (TPSA) is 109 Å². The van der Waals surface area contributed by atoms with E-state index in [9.17, 15) is 18.3 Å². The Hall–Kier alpha value is -3.43. The number of hydrogen-bond donors (Lipinski definition) is 2. The SMILES string of the molecule is COc1ccccc1N(C)S(=O)(=O)c1ccc(C(=O)NCC(O)c2ccccn2)cc1. The van der Waals surface area contributed by atoms with Gasteiger partial charge in [0, 0.05) is 25.4 Å². The van der Waals surface area contributed by atoms with Crippen LogP contribution in [0.1, 0.15) is 22.2 Å². The molecule has 0 saturated carbocycles. The van der Waals surface area contributed by atoms with E-state index in [2.05, 4.69) is 10.3 Å². The summed E-state index contributed by atoms with van der Waals surface area (Å²) in [4.78, 5) is 16.4. The third-order valence-electron chi connectivity index (χ3n) is 4.68. The fraction of sp³-hybridized carbons (Fsp3) is 0.182. The van der Waals surface area contributed by atoms with Gasteiger partial charge in [0.05, 0.1) is 23.4 Å². The van der Waals surface area contributed by atoms with E-state index >= 15 is 0 Å². The highest BCUT2D eigenvalue weighted by Crippen LogP contribution is 2.30. The molecule has 0 radical (unpaired) electrons. The van der Waals surface area contributed by atoms with Crippen molar-refractivity contribution in [1.82, 2.24) is 10.3 Å². The minimum atomic E-state index is -3.86. The zero-order valence-corrected chi connectivity index (χ0v) is 17.9. The van der Waals surface area contributed by atoms with Gasteiger partial charge in [0.1, 0.15) is 11.9 Å². The summed E-state index contributed by atoms with van der Waals surface area (Å²) >= 11 is 0. The van der Waals surface area contributed by atoms with Gasteiger partial charge in [-0.1, -0.05) is 18.2 Å². The van der Waals surface area contributed by atoms with Crippen molar-refractivity contribution in [3.63, 3.8) is 0 Å². The average Bonchev–Trinajstić information content (AvgIpc) is 2.82. The molecule has 3 rings (SSSR count). The van der Waals surface area contributed by atoms with E-state index in [1.54, 1.807) is 48.7 Å². The number of aliphatic hydroxyl groups is 1. The summed E-state index contributed by atoms with van der Waals surface area (Å²) in [6.45, 7) is -0.0214. The number of methoxy groups -OCH3 is 1. The van der Waals surface area contributed by atoms with Crippen molar-refractivity contribution in [2.75, 3.05) is 25.0 Å². The largest absolute Gasteiger partial charge is 0.495 e. The van der Waals surface area contributed by atoms with E-state index in [4.69, 9.17) is 4.74 Å². The second-order valence-electron chi connectivity index (χ2n) is 6.65. The Morgan fingerprint density at radius 2 is 1.77 bits per heavy atom. The molecule has 2 N–H and O–H groups in total. The number of para-hydroxylation sites is 2. The maximum absolute atomic E-state index is 13.0. The maximum atomic E-state index is 13.0. The molecule has 0 saturated heterocycles. The summed E-state index contributed by atoms with van der Waals surface area (Å²) in [6.07, 6.45) is 0.612. The van der Waals surface area contributed by atoms with Crippen LogP contribution in [0.3, 0.4) is 0 Å². The van der Waals surface area contributed by atoms with Crippen molar-refractivity contribution in [3.05, 3.63) is 84.2 Å². The van der Waals surface area contributed by atoms with Gasteiger partial charge in [-0.15, -0.1) is 0 Å². The summed E-state index contributed by atoms with van der Waals surface area (Å²) < 4.78 is 32.3. The molecule has 0 aliphatic carbocycles. The Kier molecular flexibility index (Phi) is 6.88. The molecule has 3 aromatic rings. The lowest BCUT2D eigenvalue weighted by Gasteiger charge is -2.21. The van der Waals surface area contributed by atoms with Crippen molar-refractivity contribution in [1.29, 1.82) is 0 Å². The number of nitrogens with zero attached hydrogens (tertiary/aromatic N) is 2. The van der Waals surface area contributed by atoms with Gasteiger partial charge < -0.3 is 15.2 Å². The first-order chi connectivity index (χ1) is 14.8. The molecule has 1 atom stereocenters. The smallest absolute Gasteiger partial charge is 0.264 e. The number of hydrogen-bond acceptors (Lipinski definition) is 6. The standard InChI is InChI=1S/C22H23N3O5S/c1-25(19-8-3-4-9-21(19)30-2)31(28,29)17-12-10-16(11-13-17)22(27)24-15-20(26)18-7-5-6-14-23-18/h3-14,20,26H,15H2,1-2H3,(H,24,27). The van der Waals surface area contributed by atoms with Gasteiger partial charge in [-0.2, -0.15) is 0 Å². The molecular formula is C22H23N3O5S. The lowest BCUT2D eigenvalue weighted by Crippen LogP contribution is -2.29. The lowest BCUT2D eigenvalue weighted by molar-refractivity contribution is 0.0914. The van der Waals surface area contributed by atoms with E-state index in [0.717, 1.165) is 4.31 Å². The summed E-state index contributed by atoms with van der Waals surface area (Å²) in [5, 5.41) is 12.7. The Bertz CT molecular complexity index is 1140. The van der Waals surface area contributed by atoms with Crippen molar-refractivity contribution >= 4 is 21.6 Å². The molecule has 0 aliphatic rings. The molecule has 0 spiro atoms. The van der Waals surface area contributed by atoms with E-state index in [1.165, 1.54) is 38.4 Å². The number of aliphatic hydroxyl groups excluding tert-OH is 1. The van der Waals surface area contributed by atoms with Gasteiger partial charge in [0.15, 0.2) is 0 Å². The number of carbonyl (C=O) groups is 1. The number of pyridine rings is 1. The third-order valence-corrected chi connectivity index (χ3v) is 6.47. The molecule has 31 heavy (non-hydrogen) atoms. The van der Waals surface area contributed by atoms with Gasteiger partial charge in [0.25, 0.3) is 15.9 Å². The zero-order chi connectivity index (χ0) is 22.4. The summed E-state index contributed by atoms with van der Waals surface area (Å²) in [7, 11) is -0.948. The third kappa shape index (κ3) is 5.01. The number of sulfonamides is 1. The van der Waals surface area contributed by atoms with Crippen LogP contribution in [0.15, 0.2) is 77.8 Å². The maximum Gasteiger partial charge on any atom is 0.264 e. The van der Waals surface area contributed by atoms with Crippen LogP contribution in [-0.2, 0) is 10.0 Å². The number of anilines is 1. The van der Waals surface area contributed by atoms with Crippen LogP contribution in [0.25, 0.3) is 0 Å². The number of aromatic nitrogens is 1. The van der Waals surface area contributed by atoms with E-state index in [1.807, 2.05) is 0 Å². The van der Waals surface area contributed by atoms with Crippen LogP contribution in [0.4, 0.5) is 5.69 Å². The average molecular weight is 442 g/mol. The van der Waals surface area contributed by atoms with Gasteiger partial charge in [-0.05, 0) is 48.5 Å². The quantitative estimate of drug-likeness (QED) is 0.556. The van der Waals surface area contributed by atoms with Crippen molar-refractivity contribution in [2.45, 2.75) is 11.0 Å². The van der Waals surface area contributed by atoms with Gasteiger partial charge in [0.2, 0.25) is 0 Å². The summed E-state index contributed by atoms with van der Waals surface area (Å²) in [6, 6.07) is 17.5. The fourth-order valence-corrected chi connectivity index (χ4v) is 4.13. The van der Waals surface area contributed by atoms with Crippen molar-refractivity contribution in [2.24, 2.45) is 0 Å². The highest BCUT2D eigenvalue weighted by atomic mass is 32.2. The molecule has 1 heterocycles. The highest BCUT2D eigenvalue weighted by Gasteiger charge is 2.24. The number of ether oxygens (including phenoxy) is 1. The Morgan fingerprint density at radius 1 is 1.10 bits per heavy atom. The number of carbonyl (C=O) groups excluding carboxylic acids is 1. The van der Waals surface area contributed by atoms with Crippen LogP contribution < -0.4 is 14.4 Å². The lowest BCUT2D eigenvalue weighted by atomic mass is 10.2. The predicted octanol–water partition coefficient (Wildman–Crippen LogP) is 2.38. The first-order valence-electron chi connectivity index (χ1n) is 9.44. The Balaban J connectivity index is 1.70. The fourth-order valence-electron chi connectivity index (χ4n) is 2.92. The van der Waals surface area contributed by atoms with Gasteiger partial charge in [-0.25, -0.2) is 8.42 Å². The number of benzene rings is 2. The minimum absolute atomic E-state index is 0.0214. The molecule has 0 bridgehead atoms. The summed E-state index contributed by atoms with van der Waals surface area (Å²) in [5.41, 5.74) is 1.12. The molecule has 162 valence electrons. The molecule has 9 heteroatoms. The minimum Gasteiger partial charge on any atom is -0.495 e. The predicted molar refractivity (Wildman–Crippen MR) is 117 cm³/mol. The van der Waals surface area contributed by atoms with E-state index in [0.29, 0.717) is 17.1 Å². The first-order valence-corrected chi connectivity index (χ1v) is 10.9. The number of rotatable bonds is 8. The molecule has 0 fully saturated rings. The van der Waals surface area contributed by atoms with E-state index < -0.39 is 22.0 Å². The van der Waals surface area contributed by atoms with Crippen LogP contribution in [0, 0.1) is 0 Å². The summed E-state index contributed by atoms with van der Waals surface area (Å²) in [5.74, 6) is -0.00644. The van der Waals surface area contributed by atoms with Crippen LogP contribution in [-0.4, -0.2) is 45.1 Å². The van der Waals surface area contributed by atoms with Crippen molar-refractivity contribution in [3.8, 4) is 5.75 Å². The number of nitrogens with one attached hydrogen (secondary N) is 1. The molecule has 0 aliphatic heterocycles. The monoisotopic (exact) mass is 441 g/mol. The zero-order valence-electron chi connectivity index (χ0n) is 17.1. The second-order valence-corrected chi connectivity index (χ2v) is 8.62. The Labute approximate surface area is 181 Å². The highest BCUT2D eigenvalue weighted by molar-refractivity contribution is 7.92. The molecule has 8 nitrogen and oxygen atoms in total. The van der Waals surface area contributed by atoms with Crippen LogP contribution >= 0.6 is 0 Å². The second kappa shape index (κ2) is 9.59. The van der Waals surface area contributed by atoms with E-state index in [-0.39, 0.29) is 17.0 Å². The normalized spacial score (nSPS) is 12.1. The Morgan fingerprint density at radius 3 is 2.42 bits per heavy atom. The molecule has 1 amide bonds. The van der Waals surface area contributed by atoms with Crippen LogP contribution in [0.5, 0.6) is 5.75 Å². The number of amides is 1. The van der Waals surface area contributed by atoms with Crippen molar-refractivity contribution < 1.29 is 23.1 Å². The molecule has 1 unspecified atom stereocenters. The van der Waals surface area contributed by atoms with Crippen LogP contribution in [0.2, 0.25) is 0 Å². The molecular weight excluding hydrogens is 418 g/mol. The van der Waals surface area contributed by atoms with Gasteiger partial charge >= 0.3 is 0 Å². The first kappa shape index (κ1) is 22.3. The van der Waals surface area contributed by atoms with Gasteiger partial charge in [-0.3, -0.25) is 14.1 Å². The molecule has 1 aromatic heterocycles.